The number of epoxide rings is 1. The van der Waals surface area contributed by atoms with Crippen molar-refractivity contribution in [2.75, 3.05) is 6.61 Å². The molecule has 0 bridgehead atoms. The second kappa shape index (κ2) is 11.2. The second-order valence-corrected chi connectivity index (χ2v) is 19.3. The first-order chi connectivity index (χ1) is 20.3. The molecule has 0 aliphatic carbocycles. The number of ether oxygens (including phenoxy) is 4. The predicted molar refractivity (Wildman–Crippen MR) is 171 cm³/mol. The zero-order valence-corrected chi connectivity index (χ0v) is 27.8. The standard InChI is InChI=1S/C36H50O6Si/c1-8-28-29(40-28)21-30-34(5,37)24-36(7)32(41-30)22-31-35(6,42-36)20-19-25(39-31)23-38-43(33(2,3)4,26-15-11-9-12-16-26)27-17-13-10-14-18-27/h8-18,25,28-32,37H,1,19-24H2,2-7H3/t25-,28-,29+,30-,31-,32+,34+,35+,36-/m0/s1. The van der Waals surface area contributed by atoms with Crippen LogP contribution in [0.5, 0.6) is 0 Å². The van der Waals surface area contributed by atoms with Gasteiger partial charge in [-0.2, -0.15) is 0 Å². The molecule has 4 aliphatic rings. The molecule has 0 unspecified atom stereocenters. The van der Waals surface area contributed by atoms with Crippen molar-refractivity contribution in [3.05, 3.63) is 73.3 Å². The number of benzene rings is 2. The van der Waals surface area contributed by atoms with E-state index in [0.29, 0.717) is 19.4 Å². The molecular weight excluding hydrogens is 556 g/mol. The van der Waals surface area contributed by atoms with Gasteiger partial charge in [-0.25, -0.2) is 0 Å². The van der Waals surface area contributed by atoms with Crippen molar-refractivity contribution >= 4 is 18.7 Å². The summed E-state index contributed by atoms with van der Waals surface area (Å²) < 4.78 is 33.4. The van der Waals surface area contributed by atoms with Crippen LogP contribution in [-0.2, 0) is 23.4 Å². The molecule has 6 nitrogen and oxygen atoms in total. The summed E-state index contributed by atoms with van der Waals surface area (Å²) in [5.74, 6) is 0. The molecule has 0 saturated carbocycles. The van der Waals surface area contributed by atoms with Crippen LogP contribution in [0.2, 0.25) is 5.04 Å². The van der Waals surface area contributed by atoms with E-state index < -0.39 is 25.1 Å². The Morgan fingerprint density at radius 3 is 2.09 bits per heavy atom. The lowest BCUT2D eigenvalue weighted by atomic mass is 9.71. The van der Waals surface area contributed by atoms with Crippen molar-refractivity contribution in [3.8, 4) is 0 Å². The average Bonchev–Trinajstić information content (AvgIpc) is 3.71. The maximum Gasteiger partial charge on any atom is 0.261 e. The van der Waals surface area contributed by atoms with Crippen LogP contribution in [0.3, 0.4) is 0 Å². The zero-order valence-electron chi connectivity index (χ0n) is 26.8. The Morgan fingerprint density at radius 1 is 0.930 bits per heavy atom. The third kappa shape index (κ3) is 5.71. The fourth-order valence-electron chi connectivity index (χ4n) is 8.21. The summed E-state index contributed by atoms with van der Waals surface area (Å²) in [6.07, 6.45) is 4.90. The first-order valence-corrected chi connectivity index (χ1v) is 18.0. The topological polar surface area (TPSA) is 69.7 Å². The molecule has 4 fully saturated rings. The largest absolute Gasteiger partial charge is 0.405 e. The number of fused-ring (bicyclic) bond motifs is 2. The highest BCUT2D eigenvalue weighted by atomic mass is 28.4. The van der Waals surface area contributed by atoms with E-state index in [9.17, 15) is 5.11 Å². The maximum absolute atomic E-state index is 11.5. The summed E-state index contributed by atoms with van der Waals surface area (Å²) >= 11 is 0. The summed E-state index contributed by atoms with van der Waals surface area (Å²) in [6, 6.07) is 21.6. The highest BCUT2D eigenvalue weighted by molar-refractivity contribution is 6.99. The molecule has 0 spiro atoms. The van der Waals surface area contributed by atoms with Gasteiger partial charge in [0.05, 0.1) is 53.9 Å². The van der Waals surface area contributed by atoms with E-state index in [1.807, 2.05) is 13.0 Å². The quantitative estimate of drug-likeness (QED) is 0.250. The van der Waals surface area contributed by atoms with Gasteiger partial charge in [0.2, 0.25) is 0 Å². The lowest BCUT2D eigenvalue weighted by Gasteiger charge is -2.60. The third-order valence-corrected chi connectivity index (χ3v) is 15.5. The Bertz CT molecular complexity index is 1240. The van der Waals surface area contributed by atoms with Crippen LogP contribution in [0.25, 0.3) is 0 Å². The van der Waals surface area contributed by atoms with E-state index in [-0.39, 0.29) is 41.7 Å². The van der Waals surface area contributed by atoms with Crippen LogP contribution in [0, 0.1) is 0 Å². The minimum atomic E-state index is -2.66. The van der Waals surface area contributed by atoms with Gasteiger partial charge in [0.25, 0.3) is 8.32 Å². The first kappa shape index (κ1) is 31.2. The minimum Gasteiger partial charge on any atom is -0.405 e. The molecule has 7 heteroatoms. The fourth-order valence-corrected chi connectivity index (χ4v) is 12.8. The van der Waals surface area contributed by atoms with Crippen molar-refractivity contribution < 1.29 is 28.5 Å². The molecule has 1 N–H and O–H groups in total. The Balaban J connectivity index is 1.20. The lowest BCUT2D eigenvalue weighted by Crippen LogP contribution is -2.70. The molecule has 4 saturated heterocycles. The number of rotatable bonds is 8. The van der Waals surface area contributed by atoms with Crippen molar-refractivity contribution in [3.63, 3.8) is 0 Å². The van der Waals surface area contributed by atoms with Crippen LogP contribution in [0.15, 0.2) is 73.3 Å². The fraction of sp³-hybridized carbons (Fsp3) is 0.611. The Morgan fingerprint density at radius 2 is 1.53 bits per heavy atom. The van der Waals surface area contributed by atoms with Crippen LogP contribution in [0.4, 0.5) is 0 Å². The van der Waals surface area contributed by atoms with Gasteiger partial charge in [0, 0.05) is 19.3 Å². The molecular formula is C36H50O6Si. The van der Waals surface area contributed by atoms with Crippen LogP contribution >= 0.6 is 0 Å². The molecule has 0 radical (unpaired) electrons. The average molecular weight is 607 g/mol. The molecule has 0 amide bonds. The normalized spacial score (nSPS) is 39.4. The van der Waals surface area contributed by atoms with E-state index in [1.54, 1.807) is 0 Å². The summed E-state index contributed by atoms with van der Waals surface area (Å²) in [5.41, 5.74) is -2.04. The van der Waals surface area contributed by atoms with E-state index in [4.69, 9.17) is 23.4 Å². The number of aliphatic hydroxyl groups is 1. The van der Waals surface area contributed by atoms with Crippen molar-refractivity contribution in [1.82, 2.24) is 0 Å². The second-order valence-electron chi connectivity index (χ2n) is 15.0. The summed E-state index contributed by atoms with van der Waals surface area (Å²) in [5, 5.41) is 13.9. The summed E-state index contributed by atoms with van der Waals surface area (Å²) in [7, 11) is -2.66. The van der Waals surface area contributed by atoms with Gasteiger partial charge in [-0.15, -0.1) is 6.58 Å². The Labute approximate surface area is 258 Å². The van der Waals surface area contributed by atoms with Crippen molar-refractivity contribution in [1.29, 1.82) is 0 Å². The van der Waals surface area contributed by atoms with Crippen LogP contribution in [-0.4, -0.2) is 73.5 Å². The van der Waals surface area contributed by atoms with E-state index in [1.165, 1.54) is 10.4 Å². The Hall–Kier alpha value is -1.84. The summed E-state index contributed by atoms with van der Waals surface area (Å²) in [4.78, 5) is 0. The highest BCUT2D eigenvalue weighted by Gasteiger charge is 2.61. The maximum atomic E-state index is 11.5. The molecule has 4 heterocycles. The van der Waals surface area contributed by atoms with Crippen molar-refractivity contribution in [2.45, 2.75) is 132 Å². The van der Waals surface area contributed by atoms with Crippen LogP contribution in [0.1, 0.15) is 73.6 Å². The molecule has 9 atom stereocenters. The van der Waals surface area contributed by atoms with Gasteiger partial charge in [-0.05, 0) is 49.0 Å². The van der Waals surface area contributed by atoms with E-state index in [0.717, 1.165) is 19.3 Å². The lowest BCUT2D eigenvalue weighted by molar-refractivity contribution is -0.348. The number of hydrogen-bond donors (Lipinski definition) is 1. The van der Waals surface area contributed by atoms with Crippen molar-refractivity contribution in [2.24, 2.45) is 0 Å². The molecule has 43 heavy (non-hydrogen) atoms. The van der Waals surface area contributed by atoms with Crippen LogP contribution < -0.4 is 10.4 Å². The smallest absolute Gasteiger partial charge is 0.261 e. The molecule has 234 valence electrons. The van der Waals surface area contributed by atoms with Gasteiger partial charge in [0.1, 0.15) is 6.10 Å². The molecule has 2 aromatic carbocycles. The highest BCUT2D eigenvalue weighted by Crippen LogP contribution is 2.51. The summed E-state index contributed by atoms with van der Waals surface area (Å²) in [6.45, 7) is 17.4. The first-order valence-electron chi connectivity index (χ1n) is 16.1. The van der Waals surface area contributed by atoms with Gasteiger partial charge < -0.3 is 28.5 Å². The Kier molecular flexibility index (Phi) is 8.11. The van der Waals surface area contributed by atoms with Gasteiger partial charge >= 0.3 is 0 Å². The van der Waals surface area contributed by atoms with Gasteiger partial charge in [-0.1, -0.05) is 87.5 Å². The molecule has 2 aromatic rings. The third-order valence-electron chi connectivity index (χ3n) is 10.5. The molecule has 4 aliphatic heterocycles. The zero-order chi connectivity index (χ0) is 30.7. The number of hydrogen-bond acceptors (Lipinski definition) is 6. The predicted octanol–water partition coefficient (Wildman–Crippen LogP) is 5.30. The SMILES string of the molecule is C=C[C@@H]1O[C@@H]1C[C@@H]1O[C@@H]2C[C@@H]3O[C@H](CO[Si](c4ccccc4)(c4ccccc4)C(C)(C)C)CC[C@@]3(C)O[C@@]2(C)C[C@@]1(C)O. The minimum absolute atomic E-state index is 0.0385. The van der Waals surface area contributed by atoms with Gasteiger partial charge in [0.15, 0.2) is 0 Å². The monoisotopic (exact) mass is 606 g/mol. The molecule has 0 aromatic heterocycles. The molecule has 6 rings (SSSR count). The van der Waals surface area contributed by atoms with E-state index >= 15 is 0 Å². The van der Waals surface area contributed by atoms with Gasteiger partial charge in [-0.3, -0.25) is 0 Å². The van der Waals surface area contributed by atoms with E-state index in [2.05, 4.69) is 102 Å².